The average Bonchev–Trinajstić information content (AvgIpc) is 2.74. The van der Waals surface area contributed by atoms with Crippen molar-refractivity contribution in [3.63, 3.8) is 0 Å². The van der Waals surface area contributed by atoms with Crippen molar-refractivity contribution in [3.05, 3.63) is 45.6 Å². The maximum atomic E-state index is 11.8. The molecular weight excluding hydrogens is 280 g/mol. The summed E-state index contributed by atoms with van der Waals surface area (Å²) >= 11 is 3.46. The highest BCUT2D eigenvalue weighted by atomic mass is 79.9. The van der Waals surface area contributed by atoms with Crippen LogP contribution < -0.4 is 0 Å². The maximum Gasteiger partial charge on any atom is 0.162 e. The lowest BCUT2D eigenvalue weighted by molar-refractivity contribution is -0.116. The van der Waals surface area contributed by atoms with E-state index in [1.165, 1.54) is 0 Å². The van der Waals surface area contributed by atoms with Gasteiger partial charge in [0, 0.05) is 29.3 Å². The van der Waals surface area contributed by atoms with Crippen LogP contribution in [0.25, 0.3) is 0 Å². The highest BCUT2D eigenvalue weighted by molar-refractivity contribution is 9.10. The summed E-state index contributed by atoms with van der Waals surface area (Å²) in [5, 5.41) is 0. The van der Waals surface area contributed by atoms with Gasteiger partial charge in [-0.3, -0.25) is 4.79 Å². The number of hydrogen-bond donors (Lipinski definition) is 0. The van der Waals surface area contributed by atoms with Crippen molar-refractivity contribution in [2.24, 2.45) is 0 Å². The fraction of sp³-hybridized carbons (Fsp3) is 0.357. The van der Waals surface area contributed by atoms with Crippen molar-refractivity contribution in [2.75, 3.05) is 0 Å². The molecule has 1 heterocycles. The molecule has 17 heavy (non-hydrogen) atoms. The fourth-order valence-corrected chi connectivity index (χ4v) is 2.93. The predicted molar refractivity (Wildman–Crippen MR) is 68.5 cm³/mol. The molecule has 1 aliphatic carbocycles. The number of rotatable bonds is 1. The van der Waals surface area contributed by atoms with Gasteiger partial charge in [0.25, 0.3) is 0 Å². The van der Waals surface area contributed by atoms with Gasteiger partial charge in [-0.2, -0.15) is 0 Å². The zero-order valence-corrected chi connectivity index (χ0v) is 11.0. The maximum absolute atomic E-state index is 11.8. The van der Waals surface area contributed by atoms with Crippen LogP contribution in [0, 0.1) is 0 Å². The largest absolute Gasteiger partial charge is 0.489 e. The van der Waals surface area contributed by atoms with E-state index < -0.39 is 0 Å². The molecule has 2 aliphatic rings. The molecule has 88 valence electrons. The first-order chi connectivity index (χ1) is 8.24. The van der Waals surface area contributed by atoms with Crippen molar-refractivity contribution in [1.82, 2.24) is 0 Å². The third kappa shape index (κ3) is 2.04. The minimum Gasteiger partial charge on any atom is -0.489 e. The molecule has 1 aromatic carbocycles. The molecular formula is C14H13BrO2. The first-order valence-corrected chi connectivity index (χ1v) is 6.70. The van der Waals surface area contributed by atoms with E-state index >= 15 is 0 Å². The van der Waals surface area contributed by atoms with Crippen LogP contribution in [-0.2, 0) is 9.53 Å². The second kappa shape index (κ2) is 4.30. The summed E-state index contributed by atoms with van der Waals surface area (Å²) in [4.78, 5) is 11.8. The molecule has 2 nitrogen and oxygen atoms in total. The van der Waals surface area contributed by atoms with Crippen LogP contribution in [0.4, 0.5) is 0 Å². The summed E-state index contributed by atoms with van der Waals surface area (Å²) in [5.74, 6) is 1.22. The van der Waals surface area contributed by atoms with Crippen LogP contribution in [0.5, 0.6) is 0 Å². The Labute approximate surface area is 109 Å². The Hall–Kier alpha value is -1.09. The second-order valence-corrected chi connectivity index (χ2v) is 5.46. The van der Waals surface area contributed by atoms with Crippen LogP contribution in [0.15, 0.2) is 40.1 Å². The van der Waals surface area contributed by atoms with Gasteiger partial charge in [0.1, 0.15) is 11.9 Å². The minimum atomic E-state index is 0.0274. The third-order valence-electron chi connectivity index (χ3n) is 3.38. The second-order valence-electron chi connectivity index (χ2n) is 4.54. The molecule has 0 aromatic heterocycles. The molecule has 1 unspecified atom stereocenters. The summed E-state index contributed by atoms with van der Waals surface area (Å²) in [5.41, 5.74) is 2.07. The van der Waals surface area contributed by atoms with Gasteiger partial charge in [0.05, 0.1) is 0 Å². The quantitative estimate of drug-likeness (QED) is 0.784. The number of Topliss-reactive ketones (excluding diaryl/α,β-unsaturated/α-hetero) is 1. The van der Waals surface area contributed by atoms with Crippen molar-refractivity contribution >= 4 is 21.7 Å². The van der Waals surface area contributed by atoms with Gasteiger partial charge in [-0.25, -0.2) is 0 Å². The third-order valence-corrected chi connectivity index (χ3v) is 3.87. The lowest BCUT2D eigenvalue weighted by Crippen LogP contribution is -2.07. The van der Waals surface area contributed by atoms with E-state index in [1.807, 2.05) is 12.1 Å². The molecule has 1 atom stereocenters. The summed E-state index contributed by atoms with van der Waals surface area (Å²) in [7, 11) is 0. The monoisotopic (exact) mass is 292 g/mol. The van der Waals surface area contributed by atoms with Crippen LogP contribution in [0.1, 0.15) is 37.4 Å². The molecule has 0 fully saturated rings. The number of halogens is 1. The van der Waals surface area contributed by atoms with Crippen LogP contribution in [-0.4, -0.2) is 5.78 Å². The number of benzene rings is 1. The van der Waals surface area contributed by atoms with E-state index in [2.05, 4.69) is 28.1 Å². The van der Waals surface area contributed by atoms with Crippen LogP contribution >= 0.6 is 15.9 Å². The summed E-state index contributed by atoms with van der Waals surface area (Å²) in [6.45, 7) is 0. The van der Waals surface area contributed by atoms with Crippen LogP contribution in [0.3, 0.4) is 0 Å². The normalized spacial score (nSPS) is 23.6. The van der Waals surface area contributed by atoms with Crippen molar-refractivity contribution in [3.8, 4) is 0 Å². The number of hydrogen-bond acceptors (Lipinski definition) is 2. The highest BCUT2D eigenvalue weighted by Gasteiger charge is 2.32. The van der Waals surface area contributed by atoms with Gasteiger partial charge in [-0.1, -0.05) is 28.1 Å². The van der Waals surface area contributed by atoms with E-state index in [0.29, 0.717) is 6.42 Å². The van der Waals surface area contributed by atoms with Gasteiger partial charge in [0.15, 0.2) is 5.78 Å². The number of ketones is 1. The van der Waals surface area contributed by atoms with Gasteiger partial charge in [-0.15, -0.1) is 0 Å². The first kappa shape index (κ1) is 11.0. The molecule has 3 rings (SSSR count). The Morgan fingerprint density at radius 1 is 1.29 bits per heavy atom. The zero-order valence-electron chi connectivity index (χ0n) is 9.41. The standard InChI is InChI=1S/C14H13BrO2/c15-10-4-1-3-9(7-10)14-8-11-12(16)5-2-6-13(11)17-14/h1,3-4,7,14H,2,5-6,8H2. The molecule has 0 amide bonds. The Kier molecular flexibility index (Phi) is 2.79. The Balaban J connectivity index is 1.85. The van der Waals surface area contributed by atoms with Gasteiger partial charge >= 0.3 is 0 Å². The molecule has 0 N–H and O–H groups in total. The molecule has 3 heteroatoms. The molecule has 0 saturated carbocycles. The topological polar surface area (TPSA) is 26.3 Å². The lowest BCUT2D eigenvalue weighted by Gasteiger charge is -2.14. The van der Waals surface area contributed by atoms with Gasteiger partial charge in [-0.05, 0) is 24.1 Å². The van der Waals surface area contributed by atoms with Crippen molar-refractivity contribution < 1.29 is 9.53 Å². The fourth-order valence-electron chi connectivity index (χ4n) is 2.52. The van der Waals surface area contributed by atoms with Crippen LogP contribution in [0.2, 0.25) is 0 Å². The Bertz CT molecular complexity index is 505. The van der Waals surface area contributed by atoms with Gasteiger partial charge in [0.2, 0.25) is 0 Å². The van der Waals surface area contributed by atoms with E-state index in [1.54, 1.807) is 0 Å². The van der Waals surface area contributed by atoms with E-state index in [0.717, 1.165) is 40.6 Å². The van der Waals surface area contributed by atoms with E-state index in [9.17, 15) is 4.79 Å². The molecule has 0 bridgehead atoms. The SMILES string of the molecule is O=C1CCCC2=C1CC(c1cccc(Br)c1)O2. The molecule has 0 radical (unpaired) electrons. The van der Waals surface area contributed by atoms with Crippen molar-refractivity contribution in [1.29, 1.82) is 0 Å². The summed E-state index contributed by atoms with van der Waals surface area (Å²) in [6, 6.07) is 8.12. The first-order valence-electron chi connectivity index (χ1n) is 5.91. The molecule has 0 spiro atoms. The predicted octanol–water partition coefficient (Wildman–Crippen LogP) is 3.92. The molecule has 1 aliphatic heterocycles. The van der Waals surface area contributed by atoms with Crippen molar-refractivity contribution in [2.45, 2.75) is 31.8 Å². The smallest absolute Gasteiger partial charge is 0.162 e. The summed E-state index contributed by atoms with van der Waals surface area (Å²) in [6.07, 6.45) is 3.31. The number of carbonyl (C=O) groups is 1. The van der Waals surface area contributed by atoms with E-state index in [4.69, 9.17) is 4.74 Å². The Morgan fingerprint density at radius 3 is 2.94 bits per heavy atom. The van der Waals surface area contributed by atoms with Gasteiger partial charge < -0.3 is 4.74 Å². The average molecular weight is 293 g/mol. The number of carbonyl (C=O) groups excluding carboxylic acids is 1. The number of ether oxygens (including phenoxy) is 1. The Morgan fingerprint density at radius 2 is 2.18 bits per heavy atom. The van der Waals surface area contributed by atoms with E-state index in [-0.39, 0.29) is 11.9 Å². The molecule has 1 aromatic rings. The number of allylic oxidation sites excluding steroid dienone is 1. The summed E-state index contributed by atoms with van der Waals surface area (Å²) < 4.78 is 6.97. The highest BCUT2D eigenvalue weighted by Crippen LogP contribution is 2.41. The minimum absolute atomic E-state index is 0.0274. The molecule has 0 saturated heterocycles. The lowest BCUT2D eigenvalue weighted by atomic mass is 9.93. The zero-order chi connectivity index (χ0) is 11.8.